The molecule has 1 saturated carbocycles. The van der Waals surface area contributed by atoms with Gasteiger partial charge in [-0.15, -0.1) is 0 Å². The summed E-state index contributed by atoms with van der Waals surface area (Å²) in [6.07, 6.45) is 1.69. The molecule has 1 aromatic heterocycles. The largest absolute Gasteiger partial charge is 0.481 e. The van der Waals surface area contributed by atoms with Crippen LogP contribution in [0, 0.1) is 11.8 Å². The number of hydrogen-bond acceptors (Lipinski definition) is 4. The van der Waals surface area contributed by atoms with Crippen LogP contribution in [0.5, 0.6) is 0 Å². The number of piperazine rings is 1. The van der Waals surface area contributed by atoms with E-state index in [2.05, 4.69) is 0 Å². The molecular formula is C16H20N2O4S. The molecule has 2 atom stereocenters. The lowest BCUT2D eigenvalue weighted by atomic mass is 10.0. The third kappa shape index (κ3) is 3.39. The van der Waals surface area contributed by atoms with E-state index in [1.54, 1.807) is 9.80 Å². The molecule has 0 spiro atoms. The minimum atomic E-state index is -0.800. The minimum absolute atomic E-state index is 0.0187. The van der Waals surface area contributed by atoms with Crippen molar-refractivity contribution < 1.29 is 19.5 Å². The van der Waals surface area contributed by atoms with Crippen LogP contribution in [0.25, 0.3) is 0 Å². The summed E-state index contributed by atoms with van der Waals surface area (Å²) < 4.78 is 0. The Morgan fingerprint density at radius 3 is 2.26 bits per heavy atom. The fraction of sp³-hybridized carbons (Fsp3) is 0.562. The van der Waals surface area contributed by atoms with E-state index in [1.165, 1.54) is 11.3 Å². The molecule has 124 valence electrons. The monoisotopic (exact) mass is 336 g/mol. The second-order valence-corrected chi connectivity index (χ2v) is 6.95. The van der Waals surface area contributed by atoms with E-state index < -0.39 is 5.97 Å². The van der Waals surface area contributed by atoms with Crippen LogP contribution >= 0.6 is 11.3 Å². The van der Waals surface area contributed by atoms with Gasteiger partial charge in [-0.1, -0.05) is 0 Å². The van der Waals surface area contributed by atoms with Crippen molar-refractivity contribution in [3.05, 3.63) is 22.4 Å². The molecule has 2 heterocycles. The molecule has 0 radical (unpaired) electrons. The highest BCUT2D eigenvalue weighted by Gasteiger charge is 2.37. The molecule has 0 unspecified atom stereocenters. The number of nitrogens with zero attached hydrogens (tertiary/aromatic N) is 2. The first-order valence-corrected chi connectivity index (χ1v) is 8.83. The number of amides is 2. The molecule has 1 aliphatic carbocycles. The van der Waals surface area contributed by atoms with E-state index >= 15 is 0 Å². The van der Waals surface area contributed by atoms with Gasteiger partial charge in [-0.2, -0.15) is 11.3 Å². The lowest BCUT2D eigenvalue weighted by Gasteiger charge is -2.36. The van der Waals surface area contributed by atoms with Gasteiger partial charge in [0.2, 0.25) is 5.91 Å². The number of carboxylic acid groups (broad SMARTS) is 1. The molecule has 0 aromatic carbocycles. The lowest BCUT2D eigenvalue weighted by molar-refractivity contribution is -0.142. The average molecular weight is 336 g/mol. The van der Waals surface area contributed by atoms with Gasteiger partial charge in [-0.25, -0.2) is 0 Å². The smallest absolute Gasteiger partial charge is 0.306 e. The summed E-state index contributed by atoms with van der Waals surface area (Å²) in [5.41, 5.74) is 0.704. The van der Waals surface area contributed by atoms with Gasteiger partial charge in [0.25, 0.3) is 5.91 Å². The van der Waals surface area contributed by atoms with Crippen LogP contribution in [0.4, 0.5) is 0 Å². The van der Waals surface area contributed by atoms with Crippen molar-refractivity contribution in [2.45, 2.75) is 19.3 Å². The zero-order valence-corrected chi connectivity index (χ0v) is 13.6. The maximum absolute atomic E-state index is 12.5. The van der Waals surface area contributed by atoms with Crippen LogP contribution in [0.3, 0.4) is 0 Å². The molecule has 7 heteroatoms. The number of thiophene rings is 1. The lowest BCUT2D eigenvalue weighted by Crippen LogP contribution is -2.51. The van der Waals surface area contributed by atoms with Gasteiger partial charge in [-0.3, -0.25) is 14.4 Å². The van der Waals surface area contributed by atoms with E-state index in [0.29, 0.717) is 51.0 Å². The number of carbonyl (C=O) groups is 3. The Morgan fingerprint density at radius 2 is 1.70 bits per heavy atom. The van der Waals surface area contributed by atoms with E-state index in [-0.39, 0.29) is 23.7 Å². The summed E-state index contributed by atoms with van der Waals surface area (Å²) in [5, 5.41) is 12.8. The average Bonchev–Trinajstić information content (AvgIpc) is 3.25. The summed E-state index contributed by atoms with van der Waals surface area (Å²) in [6, 6.07) is 1.81. The van der Waals surface area contributed by atoms with Gasteiger partial charge in [0, 0.05) is 37.5 Å². The second-order valence-electron chi connectivity index (χ2n) is 6.17. The predicted molar refractivity (Wildman–Crippen MR) is 85.3 cm³/mol. The van der Waals surface area contributed by atoms with Crippen LogP contribution in [-0.2, 0) is 9.59 Å². The number of carboxylic acids is 1. The van der Waals surface area contributed by atoms with Crippen molar-refractivity contribution in [3.63, 3.8) is 0 Å². The highest BCUT2D eigenvalue weighted by Crippen LogP contribution is 2.32. The van der Waals surface area contributed by atoms with Crippen molar-refractivity contribution in [1.29, 1.82) is 0 Å². The molecule has 23 heavy (non-hydrogen) atoms. The van der Waals surface area contributed by atoms with Crippen molar-refractivity contribution in [3.8, 4) is 0 Å². The Balaban J connectivity index is 1.52. The zero-order chi connectivity index (χ0) is 16.4. The van der Waals surface area contributed by atoms with Crippen LogP contribution in [-0.4, -0.2) is 58.9 Å². The summed E-state index contributed by atoms with van der Waals surface area (Å²) in [4.78, 5) is 39.4. The van der Waals surface area contributed by atoms with Gasteiger partial charge < -0.3 is 14.9 Å². The summed E-state index contributed by atoms with van der Waals surface area (Å²) in [6.45, 7) is 2.14. The van der Waals surface area contributed by atoms with Crippen molar-refractivity contribution in [2.75, 3.05) is 26.2 Å². The van der Waals surface area contributed by atoms with E-state index in [4.69, 9.17) is 5.11 Å². The van der Waals surface area contributed by atoms with Crippen LogP contribution in [0.2, 0.25) is 0 Å². The maximum Gasteiger partial charge on any atom is 0.306 e. The number of rotatable bonds is 3. The second kappa shape index (κ2) is 6.70. The standard InChI is InChI=1S/C16H20N2O4S/c19-14(11-1-2-12(9-11)16(21)22)17-4-6-18(7-5-17)15(20)13-3-8-23-10-13/h3,8,10-12H,1-2,4-7,9H2,(H,21,22)/t11-,12+/m0/s1. The Morgan fingerprint density at radius 1 is 1.04 bits per heavy atom. The Hall–Kier alpha value is -1.89. The van der Waals surface area contributed by atoms with Gasteiger partial charge in [0.15, 0.2) is 0 Å². The SMILES string of the molecule is O=C(O)[C@@H]1CC[C@H](C(=O)N2CCN(C(=O)c3ccsc3)CC2)C1. The number of hydrogen-bond donors (Lipinski definition) is 1. The van der Waals surface area contributed by atoms with Crippen LogP contribution < -0.4 is 0 Å². The molecule has 2 aliphatic rings. The molecule has 3 rings (SSSR count). The quantitative estimate of drug-likeness (QED) is 0.908. The first-order chi connectivity index (χ1) is 11.1. The molecule has 1 aromatic rings. The van der Waals surface area contributed by atoms with Crippen molar-refractivity contribution in [1.82, 2.24) is 9.80 Å². The predicted octanol–water partition coefficient (Wildman–Crippen LogP) is 1.53. The fourth-order valence-corrected chi connectivity index (χ4v) is 4.02. The molecule has 2 fully saturated rings. The Labute approximate surface area is 138 Å². The van der Waals surface area contributed by atoms with E-state index in [9.17, 15) is 14.4 Å². The van der Waals surface area contributed by atoms with Crippen LogP contribution in [0.1, 0.15) is 29.6 Å². The highest BCUT2D eigenvalue weighted by atomic mass is 32.1. The highest BCUT2D eigenvalue weighted by molar-refractivity contribution is 7.08. The molecule has 0 bridgehead atoms. The maximum atomic E-state index is 12.5. The normalized spacial score (nSPS) is 24.7. The molecule has 1 saturated heterocycles. The molecule has 1 N–H and O–H groups in total. The number of aliphatic carboxylic acids is 1. The summed E-state index contributed by atoms with van der Waals surface area (Å²) in [7, 11) is 0. The van der Waals surface area contributed by atoms with Gasteiger partial charge in [0.05, 0.1) is 11.5 Å². The molecular weight excluding hydrogens is 316 g/mol. The number of carbonyl (C=O) groups excluding carboxylic acids is 2. The van der Waals surface area contributed by atoms with Gasteiger partial charge in [-0.05, 0) is 30.7 Å². The van der Waals surface area contributed by atoms with Gasteiger partial charge in [0.1, 0.15) is 0 Å². The topological polar surface area (TPSA) is 77.9 Å². The Kier molecular flexibility index (Phi) is 4.66. The van der Waals surface area contributed by atoms with Crippen LogP contribution in [0.15, 0.2) is 16.8 Å². The summed E-state index contributed by atoms with van der Waals surface area (Å²) in [5.74, 6) is -1.28. The minimum Gasteiger partial charge on any atom is -0.481 e. The van der Waals surface area contributed by atoms with E-state index in [0.717, 1.165) is 0 Å². The van der Waals surface area contributed by atoms with Gasteiger partial charge >= 0.3 is 5.97 Å². The Bertz CT molecular complexity index is 593. The zero-order valence-electron chi connectivity index (χ0n) is 12.8. The third-order valence-electron chi connectivity index (χ3n) is 4.78. The third-order valence-corrected chi connectivity index (χ3v) is 5.46. The first-order valence-electron chi connectivity index (χ1n) is 7.89. The summed E-state index contributed by atoms with van der Waals surface area (Å²) >= 11 is 1.50. The first kappa shape index (κ1) is 16.0. The molecule has 6 nitrogen and oxygen atoms in total. The fourth-order valence-electron chi connectivity index (χ4n) is 3.39. The molecule has 2 amide bonds. The van der Waals surface area contributed by atoms with Crippen molar-refractivity contribution in [2.24, 2.45) is 11.8 Å². The van der Waals surface area contributed by atoms with Crippen molar-refractivity contribution >= 4 is 29.1 Å². The molecule has 1 aliphatic heterocycles. The van der Waals surface area contributed by atoms with E-state index in [1.807, 2.05) is 16.8 Å².